The van der Waals surface area contributed by atoms with Gasteiger partial charge in [0, 0.05) is 6.04 Å². The van der Waals surface area contributed by atoms with Crippen LogP contribution in [-0.4, -0.2) is 40.6 Å². The van der Waals surface area contributed by atoms with Gasteiger partial charge in [-0.2, -0.15) is 0 Å². The van der Waals surface area contributed by atoms with E-state index in [0.717, 1.165) is 32.4 Å². The predicted molar refractivity (Wildman–Crippen MR) is 64.3 cm³/mol. The highest BCUT2D eigenvalue weighted by atomic mass is 16.4. The van der Waals surface area contributed by atoms with Crippen molar-refractivity contribution in [3.8, 4) is 0 Å². The number of carbonyl (C=O) groups is 1. The molecule has 0 amide bonds. The highest BCUT2D eigenvalue weighted by Gasteiger charge is 2.40. The molecule has 1 fully saturated rings. The summed E-state index contributed by atoms with van der Waals surface area (Å²) in [6, 6.07) is 0.347. The molecule has 16 heavy (non-hydrogen) atoms. The second kappa shape index (κ2) is 5.64. The van der Waals surface area contributed by atoms with Crippen LogP contribution >= 0.6 is 0 Å². The van der Waals surface area contributed by atoms with Crippen LogP contribution < -0.4 is 5.73 Å². The summed E-state index contributed by atoms with van der Waals surface area (Å²) in [5, 5.41) is 9.16. The van der Waals surface area contributed by atoms with E-state index in [-0.39, 0.29) is 0 Å². The van der Waals surface area contributed by atoms with Gasteiger partial charge in [-0.05, 0) is 45.2 Å². The van der Waals surface area contributed by atoms with Crippen molar-refractivity contribution in [3.05, 3.63) is 0 Å². The van der Waals surface area contributed by atoms with Crippen LogP contribution in [0.1, 0.15) is 46.0 Å². The molecule has 0 aromatic rings. The van der Waals surface area contributed by atoms with Crippen molar-refractivity contribution in [3.63, 3.8) is 0 Å². The number of hydrogen-bond acceptors (Lipinski definition) is 3. The van der Waals surface area contributed by atoms with Crippen molar-refractivity contribution in [2.45, 2.75) is 57.5 Å². The van der Waals surface area contributed by atoms with E-state index in [9.17, 15) is 4.79 Å². The fourth-order valence-electron chi connectivity index (χ4n) is 2.67. The Bertz CT molecular complexity index is 245. The van der Waals surface area contributed by atoms with Gasteiger partial charge in [0.15, 0.2) is 0 Å². The van der Waals surface area contributed by atoms with Crippen molar-refractivity contribution in [2.75, 3.05) is 13.1 Å². The molecule has 0 saturated heterocycles. The number of carboxylic acid groups (broad SMARTS) is 1. The van der Waals surface area contributed by atoms with E-state index in [1.54, 1.807) is 0 Å². The first kappa shape index (κ1) is 13.5. The summed E-state index contributed by atoms with van der Waals surface area (Å²) in [5.74, 6) is -0.843. The van der Waals surface area contributed by atoms with E-state index in [0.29, 0.717) is 18.9 Å². The molecule has 0 heterocycles. The van der Waals surface area contributed by atoms with E-state index < -0.39 is 11.5 Å². The van der Waals surface area contributed by atoms with Gasteiger partial charge in [-0.15, -0.1) is 0 Å². The Morgan fingerprint density at radius 3 is 2.75 bits per heavy atom. The summed E-state index contributed by atoms with van der Waals surface area (Å²) >= 11 is 0. The van der Waals surface area contributed by atoms with Crippen molar-refractivity contribution in [1.82, 2.24) is 4.90 Å². The molecule has 1 aliphatic rings. The van der Waals surface area contributed by atoms with Gasteiger partial charge in [-0.25, -0.2) is 0 Å². The van der Waals surface area contributed by atoms with Crippen LogP contribution in [0.25, 0.3) is 0 Å². The molecule has 2 unspecified atom stereocenters. The van der Waals surface area contributed by atoms with Gasteiger partial charge in [0.1, 0.15) is 5.54 Å². The highest BCUT2D eigenvalue weighted by molar-refractivity contribution is 5.78. The lowest BCUT2D eigenvalue weighted by Crippen LogP contribution is -2.55. The minimum absolute atomic E-state index is 0.347. The first-order chi connectivity index (χ1) is 7.53. The molecule has 0 aromatic carbocycles. The van der Waals surface area contributed by atoms with E-state index in [2.05, 4.69) is 18.7 Å². The molecular weight excluding hydrogens is 204 g/mol. The minimum atomic E-state index is -0.996. The molecular formula is C12H24N2O2. The molecule has 0 radical (unpaired) electrons. The van der Waals surface area contributed by atoms with E-state index >= 15 is 0 Å². The molecule has 4 heteroatoms. The maximum Gasteiger partial charge on any atom is 0.323 e. The monoisotopic (exact) mass is 228 g/mol. The Morgan fingerprint density at radius 2 is 2.25 bits per heavy atom. The third kappa shape index (κ3) is 2.95. The number of carboxylic acids is 1. The Hall–Kier alpha value is -0.610. The molecule has 0 aromatic heterocycles. The van der Waals surface area contributed by atoms with Crippen LogP contribution in [-0.2, 0) is 4.79 Å². The average Bonchev–Trinajstić information content (AvgIpc) is 2.25. The van der Waals surface area contributed by atoms with Gasteiger partial charge < -0.3 is 15.7 Å². The molecule has 0 bridgehead atoms. The maximum atomic E-state index is 11.1. The van der Waals surface area contributed by atoms with Crippen molar-refractivity contribution >= 4 is 5.97 Å². The summed E-state index contributed by atoms with van der Waals surface area (Å²) in [5.41, 5.74) is 4.96. The fourth-order valence-corrected chi connectivity index (χ4v) is 2.67. The van der Waals surface area contributed by atoms with Gasteiger partial charge >= 0.3 is 5.97 Å². The molecule has 94 valence electrons. The molecule has 2 atom stereocenters. The average molecular weight is 228 g/mol. The Labute approximate surface area is 97.8 Å². The van der Waals surface area contributed by atoms with Crippen molar-refractivity contribution in [2.24, 2.45) is 5.73 Å². The topological polar surface area (TPSA) is 66.6 Å². The largest absolute Gasteiger partial charge is 0.480 e. The molecule has 0 aliphatic heterocycles. The maximum absolute atomic E-state index is 11.1. The Balaban J connectivity index is 2.65. The number of nitrogens with zero attached hydrogens (tertiary/aromatic N) is 1. The minimum Gasteiger partial charge on any atom is -0.480 e. The van der Waals surface area contributed by atoms with E-state index in [4.69, 9.17) is 10.8 Å². The molecule has 3 N–H and O–H groups in total. The van der Waals surface area contributed by atoms with Gasteiger partial charge in [0.2, 0.25) is 0 Å². The van der Waals surface area contributed by atoms with E-state index in [1.165, 1.54) is 0 Å². The summed E-state index contributed by atoms with van der Waals surface area (Å²) < 4.78 is 0. The second-order valence-electron chi connectivity index (χ2n) is 4.84. The summed E-state index contributed by atoms with van der Waals surface area (Å²) in [4.78, 5) is 13.5. The number of rotatable bonds is 5. The zero-order chi connectivity index (χ0) is 12.2. The standard InChI is InChI=1S/C12H24N2O2/c1-3-8-14(4-2)10-6-5-7-12(13,9-10)11(15)16/h10H,3-9,13H2,1-2H3,(H,15,16). The lowest BCUT2D eigenvalue weighted by Gasteiger charge is -2.40. The normalized spacial score (nSPS) is 30.6. The van der Waals surface area contributed by atoms with Crippen molar-refractivity contribution in [1.29, 1.82) is 0 Å². The van der Waals surface area contributed by atoms with E-state index in [1.807, 2.05) is 0 Å². The lowest BCUT2D eigenvalue weighted by atomic mass is 9.79. The molecule has 0 spiro atoms. The van der Waals surface area contributed by atoms with Gasteiger partial charge in [0.05, 0.1) is 0 Å². The smallest absolute Gasteiger partial charge is 0.323 e. The SMILES string of the molecule is CCCN(CC)C1CCCC(N)(C(=O)O)C1. The van der Waals surface area contributed by atoms with Crippen LogP contribution in [0.3, 0.4) is 0 Å². The van der Waals surface area contributed by atoms with Gasteiger partial charge in [-0.1, -0.05) is 13.8 Å². The Morgan fingerprint density at radius 1 is 1.56 bits per heavy atom. The van der Waals surface area contributed by atoms with Crippen LogP contribution in [0.2, 0.25) is 0 Å². The van der Waals surface area contributed by atoms with Crippen LogP contribution in [0.15, 0.2) is 0 Å². The van der Waals surface area contributed by atoms with Crippen LogP contribution in [0.5, 0.6) is 0 Å². The summed E-state index contributed by atoms with van der Waals surface area (Å²) in [6.45, 7) is 6.30. The highest BCUT2D eigenvalue weighted by Crippen LogP contribution is 2.29. The predicted octanol–water partition coefficient (Wildman–Crippen LogP) is 1.44. The molecule has 1 saturated carbocycles. The quantitative estimate of drug-likeness (QED) is 0.747. The van der Waals surface area contributed by atoms with Crippen LogP contribution in [0.4, 0.5) is 0 Å². The third-order valence-corrected chi connectivity index (χ3v) is 3.62. The summed E-state index contributed by atoms with van der Waals surface area (Å²) in [6.07, 6.45) is 4.32. The zero-order valence-electron chi connectivity index (χ0n) is 10.4. The number of aliphatic carboxylic acids is 1. The third-order valence-electron chi connectivity index (χ3n) is 3.62. The number of nitrogens with two attached hydrogens (primary N) is 1. The fraction of sp³-hybridized carbons (Fsp3) is 0.917. The Kier molecular flexibility index (Phi) is 4.74. The first-order valence-corrected chi connectivity index (χ1v) is 6.29. The first-order valence-electron chi connectivity index (χ1n) is 6.29. The molecule has 4 nitrogen and oxygen atoms in total. The summed E-state index contributed by atoms with van der Waals surface area (Å²) in [7, 11) is 0. The lowest BCUT2D eigenvalue weighted by molar-refractivity contribution is -0.145. The van der Waals surface area contributed by atoms with Crippen molar-refractivity contribution < 1.29 is 9.90 Å². The van der Waals surface area contributed by atoms with Gasteiger partial charge in [0.25, 0.3) is 0 Å². The van der Waals surface area contributed by atoms with Gasteiger partial charge in [-0.3, -0.25) is 4.79 Å². The zero-order valence-corrected chi connectivity index (χ0v) is 10.4. The molecule has 1 aliphatic carbocycles. The second-order valence-corrected chi connectivity index (χ2v) is 4.84. The molecule has 1 rings (SSSR count). The van der Waals surface area contributed by atoms with Crippen LogP contribution in [0, 0.1) is 0 Å². The number of hydrogen-bond donors (Lipinski definition) is 2.